The molecular weight excluding hydrogens is 264 g/mol. The van der Waals surface area contributed by atoms with Crippen molar-refractivity contribution >= 4 is 17.5 Å². The number of H-pyrrole nitrogens is 1. The Balaban J connectivity index is 1.85. The minimum absolute atomic E-state index is 0.445. The lowest BCUT2D eigenvalue weighted by Crippen LogP contribution is -2.49. The highest BCUT2D eigenvalue weighted by atomic mass is 35.5. The summed E-state index contributed by atoms with van der Waals surface area (Å²) in [5.41, 5.74) is 0.818. The molecule has 1 saturated heterocycles. The molecule has 0 spiro atoms. The lowest BCUT2D eigenvalue weighted by atomic mass is 10.2. The van der Waals surface area contributed by atoms with E-state index < -0.39 is 0 Å². The highest BCUT2D eigenvalue weighted by molar-refractivity contribution is 6.33. The van der Waals surface area contributed by atoms with Gasteiger partial charge in [-0.25, -0.2) is 0 Å². The predicted octanol–water partition coefficient (Wildman–Crippen LogP) is 1.32. The fourth-order valence-electron chi connectivity index (χ4n) is 2.20. The first-order chi connectivity index (χ1) is 9.24. The molecule has 1 aliphatic heterocycles. The summed E-state index contributed by atoms with van der Waals surface area (Å²) in [4.78, 5) is 10.6. The summed E-state index contributed by atoms with van der Waals surface area (Å²) in [7, 11) is 0. The molecule has 0 aliphatic carbocycles. The standard InChI is InChI=1S/C12H15ClN6/c1-8-7-19(5-4-15-8)12-16-11(17-18-12)9-2-3-14-6-10(9)13/h2-3,6,8,15H,4-5,7H2,1H3,(H,16,17,18)/t8-/m1/s1. The van der Waals surface area contributed by atoms with Crippen molar-refractivity contribution in [3.63, 3.8) is 0 Å². The molecule has 1 aliphatic rings. The monoisotopic (exact) mass is 278 g/mol. The third kappa shape index (κ3) is 2.54. The van der Waals surface area contributed by atoms with Gasteiger partial charge < -0.3 is 10.2 Å². The topological polar surface area (TPSA) is 69.7 Å². The van der Waals surface area contributed by atoms with Gasteiger partial charge in [-0.3, -0.25) is 10.1 Å². The van der Waals surface area contributed by atoms with Crippen molar-refractivity contribution in [1.82, 2.24) is 25.5 Å². The van der Waals surface area contributed by atoms with E-state index in [0.717, 1.165) is 31.1 Å². The van der Waals surface area contributed by atoms with Crippen LogP contribution in [0.1, 0.15) is 6.92 Å². The molecule has 6 nitrogen and oxygen atoms in total. The number of piperazine rings is 1. The van der Waals surface area contributed by atoms with Crippen LogP contribution in [0, 0.1) is 0 Å². The second kappa shape index (κ2) is 5.14. The largest absolute Gasteiger partial charge is 0.337 e. The maximum absolute atomic E-state index is 6.10. The van der Waals surface area contributed by atoms with Crippen LogP contribution in [0.3, 0.4) is 0 Å². The van der Waals surface area contributed by atoms with Crippen LogP contribution in [-0.4, -0.2) is 45.8 Å². The average molecular weight is 279 g/mol. The molecule has 19 heavy (non-hydrogen) atoms. The minimum Gasteiger partial charge on any atom is -0.337 e. The summed E-state index contributed by atoms with van der Waals surface area (Å²) in [6, 6.07) is 2.27. The molecule has 7 heteroatoms. The Morgan fingerprint density at radius 3 is 3.16 bits per heavy atom. The smallest absolute Gasteiger partial charge is 0.245 e. The number of nitrogens with one attached hydrogen (secondary N) is 2. The quantitative estimate of drug-likeness (QED) is 0.867. The summed E-state index contributed by atoms with van der Waals surface area (Å²) in [6.45, 7) is 4.91. The first-order valence-electron chi connectivity index (χ1n) is 6.24. The fraction of sp³-hybridized carbons (Fsp3) is 0.417. The van der Waals surface area contributed by atoms with E-state index in [2.05, 4.69) is 37.3 Å². The zero-order valence-electron chi connectivity index (χ0n) is 10.6. The molecule has 0 radical (unpaired) electrons. The van der Waals surface area contributed by atoms with Gasteiger partial charge in [-0.2, -0.15) is 4.98 Å². The van der Waals surface area contributed by atoms with E-state index in [1.807, 2.05) is 6.07 Å². The Bertz CT molecular complexity index is 569. The second-order valence-corrected chi connectivity index (χ2v) is 5.05. The van der Waals surface area contributed by atoms with Crippen LogP contribution in [0.25, 0.3) is 11.4 Å². The van der Waals surface area contributed by atoms with Gasteiger partial charge in [-0.15, -0.1) is 5.10 Å². The van der Waals surface area contributed by atoms with Gasteiger partial charge in [0.15, 0.2) is 5.82 Å². The number of hydrogen-bond donors (Lipinski definition) is 2. The van der Waals surface area contributed by atoms with Crippen molar-refractivity contribution in [3.8, 4) is 11.4 Å². The molecule has 3 rings (SSSR count). The molecule has 2 aromatic heterocycles. The Labute approximate surface area is 116 Å². The van der Waals surface area contributed by atoms with Gasteiger partial charge in [0.25, 0.3) is 0 Å². The van der Waals surface area contributed by atoms with E-state index in [0.29, 0.717) is 16.9 Å². The van der Waals surface area contributed by atoms with Crippen LogP contribution in [0.4, 0.5) is 5.95 Å². The molecule has 0 bridgehead atoms. The van der Waals surface area contributed by atoms with Crippen molar-refractivity contribution < 1.29 is 0 Å². The van der Waals surface area contributed by atoms with Crippen LogP contribution in [0.15, 0.2) is 18.5 Å². The Hall–Kier alpha value is -1.66. The van der Waals surface area contributed by atoms with Crippen molar-refractivity contribution in [2.24, 2.45) is 0 Å². The molecule has 3 heterocycles. The van der Waals surface area contributed by atoms with Gasteiger partial charge in [0.2, 0.25) is 5.95 Å². The van der Waals surface area contributed by atoms with Gasteiger partial charge in [-0.1, -0.05) is 11.6 Å². The Morgan fingerprint density at radius 2 is 2.37 bits per heavy atom. The third-order valence-electron chi connectivity index (χ3n) is 3.15. The fourth-order valence-corrected chi connectivity index (χ4v) is 2.40. The minimum atomic E-state index is 0.445. The molecule has 0 unspecified atom stereocenters. The van der Waals surface area contributed by atoms with E-state index in [9.17, 15) is 0 Å². The zero-order chi connectivity index (χ0) is 13.2. The van der Waals surface area contributed by atoms with Crippen LogP contribution in [0.2, 0.25) is 5.02 Å². The van der Waals surface area contributed by atoms with Gasteiger partial charge in [0.1, 0.15) is 0 Å². The average Bonchev–Trinajstić information content (AvgIpc) is 2.89. The highest BCUT2D eigenvalue weighted by Crippen LogP contribution is 2.24. The second-order valence-electron chi connectivity index (χ2n) is 4.64. The molecule has 2 N–H and O–H groups in total. The van der Waals surface area contributed by atoms with Crippen LogP contribution < -0.4 is 10.2 Å². The first-order valence-corrected chi connectivity index (χ1v) is 6.62. The first kappa shape index (κ1) is 12.4. The van der Waals surface area contributed by atoms with Crippen LogP contribution in [-0.2, 0) is 0 Å². The van der Waals surface area contributed by atoms with Crippen molar-refractivity contribution in [2.75, 3.05) is 24.5 Å². The lowest BCUT2D eigenvalue weighted by molar-refractivity contribution is 0.480. The maximum atomic E-state index is 6.10. The number of nitrogens with zero attached hydrogens (tertiary/aromatic N) is 4. The molecule has 0 saturated carbocycles. The SMILES string of the molecule is C[C@@H]1CN(c2n[nH]c(-c3ccncc3Cl)n2)CCN1. The predicted molar refractivity (Wildman–Crippen MR) is 74.3 cm³/mol. The molecule has 1 atom stereocenters. The molecule has 1 fully saturated rings. The number of halogens is 1. The Morgan fingerprint density at radius 1 is 1.47 bits per heavy atom. The molecular formula is C12H15ClN6. The molecule has 0 amide bonds. The van der Waals surface area contributed by atoms with Crippen molar-refractivity contribution in [2.45, 2.75) is 13.0 Å². The highest BCUT2D eigenvalue weighted by Gasteiger charge is 2.20. The van der Waals surface area contributed by atoms with E-state index >= 15 is 0 Å². The summed E-state index contributed by atoms with van der Waals surface area (Å²) >= 11 is 6.10. The number of aromatic nitrogens is 4. The van der Waals surface area contributed by atoms with E-state index in [1.54, 1.807) is 12.4 Å². The zero-order valence-corrected chi connectivity index (χ0v) is 11.4. The van der Waals surface area contributed by atoms with Gasteiger partial charge in [-0.05, 0) is 13.0 Å². The van der Waals surface area contributed by atoms with Gasteiger partial charge in [0.05, 0.1) is 5.02 Å². The molecule has 100 valence electrons. The number of anilines is 1. The number of aromatic amines is 1. The number of pyridine rings is 1. The maximum Gasteiger partial charge on any atom is 0.245 e. The summed E-state index contributed by atoms with van der Waals surface area (Å²) < 4.78 is 0. The molecule has 2 aromatic rings. The van der Waals surface area contributed by atoms with Crippen molar-refractivity contribution in [3.05, 3.63) is 23.5 Å². The Kier molecular flexibility index (Phi) is 3.35. The van der Waals surface area contributed by atoms with Gasteiger partial charge in [0, 0.05) is 43.6 Å². The van der Waals surface area contributed by atoms with E-state index in [1.165, 1.54) is 0 Å². The third-order valence-corrected chi connectivity index (χ3v) is 3.45. The van der Waals surface area contributed by atoms with Crippen LogP contribution in [0.5, 0.6) is 0 Å². The molecule has 0 aromatic carbocycles. The number of hydrogen-bond acceptors (Lipinski definition) is 5. The van der Waals surface area contributed by atoms with Gasteiger partial charge >= 0.3 is 0 Å². The van der Waals surface area contributed by atoms with E-state index in [-0.39, 0.29) is 0 Å². The summed E-state index contributed by atoms with van der Waals surface area (Å²) in [5, 5.41) is 11.2. The van der Waals surface area contributed by atoms with E-state index in [4.69, 9.17) is 11.6 Å². The summed E-state index contributed by atoms with van der Waals surface area (Å²) in [6.07, 6.45) is 3.29. The lowest BCUT2D eigenvalue weighted by Gasteiger charge is -2.30. The van der Waals surface area contributed by atoms with Crippen LogP contribution >= 0.6 is 11.6 Å². The number of rotatable bonds is 2. The normalized spacial score (nSPS) is 19.7. The van der Waals surface area contributed by atoms with Crippen molar-refractivity contribution in [1.29, 1.82) is 0 Å². The summed E-state index contributed by atoms with van der Waals surface area (Å²) in [5.74, 6) is 1.39.